The molecule has 7 aromatic rings. The topological polar surface area (TPSA) is 55.4 Å². The van der Waals surface area contributed by atoms with Gasteiger partial charge in [-0.05, 0) is 67.6 Å². The monoisotopic (exact) mass is 860 g/mol. The lowest BCUT2D eigenvalue weighted by Crippen LogP contribution is -2.65. The minimum Gasteiger partial charge on any atom is -0.374 e. The van der Waals surface area contributed by atoms with Crippen LogP contribution in [0.5, 0.6) is 0 Å². The molecule has 0 unspecified atom stereocenters. The molecule has 2 aliphatic rings. The minimum atomic E-state index is -1.78. The van der Waals surface area contributed by atoms with Gasteiger partial charge in [-0.3, -0.25) is 0 Å². The summed E-state index contributed by atoms with van der Waals surface area (Å²) in [6.45, 7) is 11.6. The molecule has 3 heterocycles. The third kappa shape index (κ3) is 9.16. The van der Waals surface area contributed by atoms with Crippen LogP contribution < -0.4 is 4.50 Å². The summed E-state index contributed by atoms with van der Waals surface area (Å²) in [5.74, 6) is -1.34. The fourth-order valence-electron chi connectivity index (χ4n) is 8.78. The molecule has 9 rings (SSSR count). The number of ether oxygens (including phenoxy) is 6. The third-order valence-corrected chi connectivity index (χ3v) is 16.7. The lowest BCUT2D eigenvalue weighted by Gasteiger charge is -2.51. The van der Waals surface area contributed by atoms with Crippen molar-refractivity contribution in [3.05, 3.63) is 197 Å². The Kier molecular flexibility index (Phi) is 13.0. The zero-order valence-electron chi connectivity index (χ0n) is 36.1. The second-order valence-corrected chi connectivity index (χ2v) is 23.9. The maximum atomic E-state index is 7.52. The normalized spacial score (nSPS) is 21.1. The lowest BCUT2D eigenvalue weighted by molar-refractivity contribution is -0.387. The van der Waals surface area contributed by atoms with Gasteiger partial charge in [0, 0.05) is 15.6 Å². The highest BCUT2D eigenvalue weighted by Crippen LogP contribution is 2.51. The standard InChI is InChI=1S/C54H56O6SSi/c1-5-38-26-28-43(29-27-38)49-45-31-46-44(30-48(45)61-53(49)62(2,3)4)36-59-54(46)52(58-35-42-24-16-9-17-25-42)51(57-34-41-22-14-8-15-23-41)50(56-33-40-20-12-7-13-21-40)47(60-54)37-55-32-39-18-10-6-11-19-39/h6-31,47,50-52H,5,32-37H2,1-4H3/t47-,50+,51+,52-,54+/m1/s1. The molecule has 318 valence electrons. The second-order valence-electron chi connectivity index (χ2n) is 17.5. The van der Waals surface area contributed by atoms with E-state index < -0.39 is 38.3 Å². The molecule has 1 saturated heterocycles. The van der Waals surface area contributed by atoms with Crippen molar-refractivity contribution in [2.45, 2.75) is 96.2 Å². The molecule has 0 bridgehead atoms. The highest BCUT2D eigenvalue weighted by atomic mass is 32.1. The van der Waals surface area contributed by atoms with E-state index in [9.17, 15) is 0 Å². The molecule has 1 spiro atoms. The van der Waals surface area contributed by atoms with E-state index in [1.807, 2.05) is 84.1 Å². The first-order valence-electron chi connectivity index (χ1n) is 21.9. The Morgan fingerprint density at radius 1 is 0.613 bits per heavy atom. The summed E-state index contributed by atoms with van der Waals surface area (Å²) in [6.07, 6.45) is -1.50. The number of hydrogen-bond donors (Lipinski definition) is 0. The van der Waals surface area contributed by atoms with Gasteiger partial charge < -0.3 is 28.4 Å². The number of benzene rings is 6. The summed E-state index contributed by atoms with van der Waals surface area (Å²) in [4.78, 5) is 0. The number of fused-ring (bicyclic) bond motifs is 3. The largest absolute Gasteiger partial charge is 0.374 e. The minimum absolute atomic E-state index is 0.251. The lowest BCUT2D eigenvalue weighted by atomic mass is 9.86. The van der Waals surface area contributed by atoms with Crippen molar-refractivity contribution >= 4 is 34.0 Å². The predicted octanol–water partition coefficient (Wildman–Crippen LogP) is 11.7. The molecule has 0 radical (unpaired) electrons. The van der Waals surface area contributed by atoms with E-state index in [1.165, 1.54) is 31.3 Å². The van der Waals surface area contributed by atoms with Crippen molar-refractivity contribution in [3.63, 3.8) is 0 Å². The molecule has 0 N–H and O–H groups in total. The zero-order chi connectivity index (χ0) is 42.5. The number of rotatable bonds is 16. The Balaban J connectivity index is 1.19. The van der Waals surface area contributed by atoms with Gasteiger partial charge in [-0.25, -0.2) is 0 Å². The van der Waals surface area contributed by atoms with Gasteiger partial charge in [-0.15, -0.1) is 11.3 Å². The summed E-state index contributed by atoms with van der Waals surface area (Å²) in [5, 5.41) is 1.21. The van der Waals surface area contributed by atoms with Gasteiger partial charge in [0.05, 0.1) is 47.7 Å². The molecular weight excluding hydrogens is 805 g/mol. The maximum Gasteiger partial charge on any atom is 0.226 e. The van der Waals surface area contributed by atoms with Crippen LogP contribution >= 0.6 is 11.3 Å². The Bertz CT molecular complexity index is 2520. The van der Waals surface area contributed by atoms with Crippen molar-refractivity contribution in [2.24, 2.45) is 0 Å². The molecule has 6 aromatic carbocycles. The Morgan fingerprint density at radius 3 is 1.69 bits per heavy atom. The first kappa shape index (κ1) is 42.6. The van der Waals surface area contributed by atoms with E-state index in [0.717, 1.165) is 39.8 Å². The zero-order valence-corrected chi connectivity index (χ0v) is 37.9. The van der Waals surface area contributed by atoms with Crippen LogP contribution in [0.3, 0.4) is 0 Å². The van der Waals surface area contributed by atoms with E-state index in [-0.39, 0.29) is 6.61 Å². The van der Waals surface area contributed by atoms with Gasteiger partial charge in [-0.1, -0.05) is 172 Å². The molecule has 62 heavy (non-hydrogen) atoms. The molecule has 0 aliphatic carbocycles. The third-order valence-electron chi connectivity index (χ3n) is 12.0. The van der Waals surface area contributed by atoms with Gasteiger partial charge in [0.1, 0.15) is 24.4 Å². The summed E-state index contributed by atoms with van der Waals surface area (Å²) < 4.78 is 45.3. The first-order chi connectivity index (χ1) is 30.3. The van der Waals surface area contributed by atoms with Gasteiger partial charge in [-0.2, -0.15) is 0 Å². The van der Waals surface area contributed by atoms with Crippen LogP contribution in [-0.4, -0.2) is 39.1 Å². The molecular formula is C54H56O6SSi. The Morgan fingerprint density at radius 2 is 1.15 bits per heavy atom. The Hall–Kier alpha value is -4.74. The fraction of sp³-hybridized carbons (Fsp3) is 0.296. The van der Waals surface area contributed by atoms with Crippen LogP contribution in [0.2, 0.25) is 19.6 Å². The second kappa shape index (κ2) is 18.9. The maximum absolute atomic E-state index is 7.52. The molecule has 1 aromatic heterocycles. The van der Waals surface area contributed by atoms with Crippen LogP contribution in [0.15, 0.2) is 158 Å². The van der Waals surface area contributed by atoms with E-state index in [1.54, 1.807) is 0 Å². The van der Waals surface area contributed by atoms with E-state index in [0.29, 0.717) is 33.0 Å². The quantitative estimate of drug-likeness (QED) is 0.0902. The molecule has 1 fully saturated rings. The average molecular weight is 861 g/mol. The van der Waals surface area contributed by atoms with Gasteiger partial charge in [0.2, 0.25) is 5.79 Å². The predicted molar refractivity (Wildman–Crippen MR) is 252 cm³/mol. The SMILES string of the molecule is CCc1ccc(-c2c([Si](C)(C)C)sc3cc4c(cc23)[C@]2(OC4)O[C@H](COCc3ccccc3)[C@H](OCc3ccccc3)[C@H](OCc3ccccc3)[C@H]2OCc2ccccc2)cc1. The highest BCUT2D eigenvalue weighted by Gasteiger charge is 2.61. The molecule has 0 saturated carbocycles. The van der Waals surface area contributed by atoms with Crippen molar-refractivity contribution in [3.8, 4) is 11.1 Å². The fourth-order valence-corrected chi connectivity index (χ4v) is 12.4. The van der Waals surface area contributed by atoms with Crippen LogP contribution in [0.4, 0.5) is 0 Å². The highest BCUT2D eigenvalue weighted by molar-refractivity contribution is 7.32. The summed E-state index contributed by atoms with van der Waals surface area (Å²) in [5.41, 5.74) is 10.2. The van der Waals surface area contributed by atoms with Crippen LogP contribution in [0, 0.1) is 0 Å². The van der Waals surface area contributed by atoms with Crippen molar-refractivity contribution < 1.29 is 28.4 Å². The number of aryl methyl sites for hydroxylation is 1. The molecule has 2 aliphatic heterocycles. The molecule has 5 atom stereocenters. The summed E-state index contributed by atoms with van der Waals surface area (Å²) >= 11 is 1.94. The molecule has 0 amide bonds. The van der Waals surface area contributed by atoms with Gasteiger partial charge in [0.15, 0.2) is 0 Å². The van der Waals surface area contributed by atoms with E-state index >= 15 is 0 Å². The van der Waals surface area contributed by atoms with Gasteiger partial charge in [0.25, 0.3) is 0 Å². The van der Waals surface area contributed by atoms with Crippen LogP contribution in [0.1, 0.15) is 45.9 Å². The number of thiophene rings is 1. The molecule has 8 heteroatoms. The van der Waals surface area contributed by atoms with Crippen molar-refractivity contribution in [1.29, 1.82) is 0 Å². The summed E-state index contributed by atoms with van der Waals surface area (Å²) in [6, 6.07) is 54.9. The van der Waals surface area contributed by atoms with Gasteiger partial charge >= 0.3 is 0 Å². The Labute approximate surface area is 371 Å². The first-order valence-corrected chi connectivity index (χ1v) is 26.2. The smallest absolute Gasteiger partial charge is 0.226 e. The molecule has 6 nitrogen and oxygen atoms in total. The van der Waals surface area contributed by atoms with Crippen LogP contribution in [0.25, 0.3) is 21.2 Å². The van der Waals surface area contributed by atoms with E-state index in [4.69, 9.17) is 28.4 Å². The van der Waals surface area contributed by atoms with Crippen LogP contribution in [-0.2, 0) is 73.7 Å². The van der Waals surface area contributed by atoms with E-state index in [2.05, 4.69) is 111 Å². The summed E-state index contributed by atoms with van der Waals surface area (Å²) in [7, 11) is -1.78. The van der Waals surface area contributed by atoms with Crippen molar-refractivity contribution in [2.75, 3.05) is 6.61 Å². The average Bonchev–Trinajstić information content (AvgIpc) is 3.86. The number of hydrogen-bond acceptors (Lipinski definition) is 7. The van der Waals surface area contributed by atoms with Crippen molar-refractivity contribution in [1.82, 2.24) is 0 Å².